The van der Waals surface area contributed by atoms with Crippen molar-refractivity contribution in [1.29, 1.82) is 0 Å². The number of aromatic nitrogens is 1. The van der Waals surface area contributed by atoms with E-state index in [2.05, 4.69) is 22.4 Å². The fourth-order valence-corrected chi connectivity index (χ4v) is 3.38. The van der Waals surface area contributed by atoms with Crippen LogP contribution in [-0.2, 0) is 6.61 Å². The maximum Gasteiger partial charge on any atom is 0.255 e. The molecule has 0 saturated carbocycles. The molecule has 2 N–H and O–H groups in total. The normalized spacial score (nSPS) is 10.6. The van der Waals surface area contributed by atoms with Crippen LogP contribution < -0.4 is 5.32 Å². The summed E-state index contributed by atoms with van der Waals surface area (Å²) in [7, 11) is 0. The number of hydrogen-bond acceptors (Lipinski definition) is 3. The lowest BCUT2D eigenvalue weighted by Gasteiger charge is -2.10. The number of anilines is 1. The Morgan fingerprint density at radius 1 is 0.867 bits per heavy atom. The van der Waals surface area contributed by atoms with Gasteiger partial charge in [-0.05, 0) is 47.0 Å². The Labute approximate surface area is 179 Å². The van der Waals surface area contributed by atoms with Gasteiger partial charge >= 0.3 is 0 Å². The lowest BCUT2D eigenvalue weighted by Crippen LogP contribution is -2.12. The SMILES string of the molecule is O=C(Nc1ccc(CO)nc1)c1ccc(Cl)c(-c2ccc(-c3ccccc3)cc2)c1. The zero-order valence-corrected chi connectivity index (χ0v) is 16.8. The van der Waals surface area contributed by atoms with E-state index in [9.17, 15) is 4.79 Å². The minimum absolute atomic E-state index is 0.141. The third-order valence-electron chi connectivity index (χ3n) is 4.78. The lowest BCUT2D eigenvalue weighted by atomic mass is 9.99. The molecule has 4 aromatic rings. The molecule has 0 saturated heterocycles. The minimum atomic E-state index is -0.257. The molecule has 4 nitrogen and oxygen atoms in total. The van der Waals surface area contributed by atoms with Gasteiger partial charge in [-0.2, -0.15) is 0 Å². The second kappa shape index (κ2) is 8.91. The number of carbonyl (C=O) groups is 1. The number of aliphatic hydroxyl groups excluding tert-OH is 1. The molecule has 1 aromatic heterocycles. The van der Waals surface area contributed by atoms with Gasteiger partial charge in [0.15, 0.2) is 0 Å². The van der Waals surface area contributed by atoms with Gasteiger partial charge in [0.2, 0.25) is 0 Å². The predicted molar refractivity (Wildman–Crippen MR) is 120 cm³/mol. The van der Waals surface area contributed by atoms with E-state index in [1.165, 1.54) is 6.20 Å². The van der Waals surface area contributed by atoms with Crippen LogP contribution >= 0.6 is 11.6 Å². The Balaban J connectivity index is 1.57. The van der Waals surface area contributed by atoms with Crippen molar-refractivity contribution in [2.45, 2.75) is 6.61 Å². The Morgan fingerprint density at radius 2 is 1.57 bits per heavy atom. The number of carbonyl (C=O) groups excluding carboxylic acids is 1. The molecule has 0 atom stereocenters. The second-order valence-corrected chi connectivity index (χ2v) is 7.20. The van der Waals surface area contributed by atoms with Gasteiger partial charge in [-0.25, -0.2) is 0 Å². The van der Waals surface area contributed by atoms with Crippen LogP contribution in [0.2, 0.25) is 5.02 Å². The minimum Gasteiger partial charge on any atom is -0.390 e. The van der Waals surface area contributed by atoms with Crippen LogP contribution in [0.4, 0.5) is 5.69 Å². The van der Waals surface area contributed by atoms with Crippen LogP contribution in [0, 0.1) is 0 Å². The van der Waals surface area contributed by atoms with Crippen molar-refractivity contribution < 1.29 is 9.90 Å². The smallest absolute Gasteiger partial charge is 0.255 e. The third kappa shape index (κ3) is 4.40. The number of nitrogens with zero attached hydrogens (tertiary/aromatic N) is 1. The topological polar surface area (TPSA) is 62.2 Å². The van der Waals surface area contributed by atoms with Crippen molar-refractivity contribution in [2.24, 2.45) is 0 Å². The van der Waals surface area contributed by atoms with Crippen LogP contribution in [0.3, 0.4) is 0 Å². The predicted octanol–water partition coefficient (Wildman–Crippen LogP) is 5.81. The van der Waals surface area contributed by atoms with Gasteiger partial charge in [-0.3, -0.25) is 9.78 Å². The zero-order chi connectivity index (χ0) is 20.9. The van der Waals surface area contributed by atoms with Crippen LogP contribution in [0.15, 0.2) is 91.1 Å². The van der Waals surface area contributed by atoms with E-state index in [0.717, 1.165) is 22.3 Å². The average Bonchev–Trinajstić information content (AvgIpc) is 2.80. The first-order valence-corrected chi connectivity index (χ1v) is 9.84. The first-order valence-electron chi connectivity index (χ1n) is 9.46. The first kappa shape index (κ1) is 19.8. The molecule has 0 aliphatic heterocycles. The number of benzene rings is 3. The van der Waals surface area contributed by atoms with E-state index in [-0.39, 0.29) is 12.5 Å². The molecule has 1 amide bonds. The van der Waals surface area contributed by atoms with E-state index in [0.29, 0.717) is 22.0 Å². The summed E-state index contributed by atoms with van der Waals surface area (Å²) in [5, 5.41) is 12.5. The number of aliphatic hydroxyl groups is 1. The van der Waals surface area contributed by atoms with Gasteiger partial charge in [-0.15, -0.1) is 0 Å². The molecular weight excluding hydrogens is 396 g/mol. The standard InChI is InChI=1S/C25H19ClN2O2/c26-24-13-10-20(25(30)28-21-11-12-22(16-29)27-15-21)14-23(24)19-8-6-18(7-9-19)17-4-2-1-3-5-17/h1-15,29H,16H2,(H,28,30). The van der Waals surface area contributed by atoms with Crippen molar-refractivity contribution >= 4 is 23.2 Å². The Hall–Kier alpha value is -3.47. The Bertz CT molecular complexity index is 1160. The molecule has 0 aliphatic carbocycles. The van der Waals surface area contributed by atoms with Crippen LogP contribution in [0.25, 0.3) is 22.3 Å². The molecule has 5 heteroatoms. The van der Waals surface area contributed by atoms with Gasteiger partial charge < -0.3 is 10.4 Å². The molecule has 0 bridgehead atoms. The summed E-state index contributed by atoms with van der Waals surface area (Å²) in [4.78, 5) is 16.7. The quantitative estimate of drug-likeness (QED) is 0.433. The van der Waals surface area contributed by atoms with E-state index in [1.54, 1.807) is 30.3 Å². The van der Waals surface area contributed by atoms with Crippen molar-refractivity contribution in [3.05, 3.63) is 107 Å². The second-order valence-electron chi connectivity index (χ2n) is 6.79. The Morgan fingerprint density at radius 3 is 2.23 bits per heavy atom. The van der Waals surface area contributed by atoms with Gasteiger partial charge in [0, 0.05) is 16.1 Å². The zero-order valence-electron chi connectivity index (χ0n) is 16.0. The van der Waals surface area contributed by atoms with Crippen molar-refractivity contribution in [2.75, 3.05) is 5.32 Å². The summed E-state index contributed by atoms with van der Waals surface area (Å²) < 4.78 is 0. The molecule has 1 heterocycles. The van der Waals surface area contributed by atoms with Crippen LogP contribution in [0.5, 0.6) is 0 Å². The lowest BCUT2D eigenvalue weighted by molar-refractivity contribution is 0.102. The number of nitrogens with one attached hydrogen (secondary N) is 1. The van der Waals surface area contributed by atoms with Gasteiger partial charge in [0.25, 0.3) is 5.91 Å². The van der Waals surface area contributed by atoms with Crippen molar-refractivity contribution in [3.8, 4) is 22.3 Å². The third-order valence-corrected chi connectivity index (χ3v) is 5.11. The monoisotopic (exact) mass is 414 g/mol. The largest absolute Gasteiger partial charge is 0.390 e. The maximum absolute atomic E-state index is 12.7. The fourth-order valence-electron chi connectivity index (χ4n) is 3.16. The highest BCUT2D eigenvalue weighted by molar-refractivity contribution is 6.33. The first-order chi connectivity index (χ1) is 14.6. The highest BCUT2D eigenvalue weighted by Crippen LogP contribution is 2.31. The summed E-state index contributed by atoms with van der Waals surface area (Å²) in [5.41, 5.74) is 5.57. The Kier molecular flexibility index (Phi) is 5.89. The number of pyridine rings is 1. The van der Waals surface area contributed by atoms with Crippen LogP contribution in [0.1, 0.15) is 16.1 Å². The summed E-state index contributed by atoms with van der Waals surface area (Å²) in [6, 6.07) is 26.8. The van der Waals surface area contributed by atoms with E-state index < -0.39 is 0 Å². The fraction of sp³-hybridized carbons (Fsp3) is 0.0400. The highest BCUT2D eigenvalue weighted by atomic mass is 35.5. The highest BCUT2D eigenvalue weighted by Gasteiger charge is 2.11. The summed E-state index contributed by atoms with van der Waals surface area (Å²) >= 11 is 6.42. The van der Waals surface area contributed by atoms with Gasteiger partial charge in [-0.1, -0.05) is 66.2 Å². The number of halogens is 1. The van der Waals surface area contributed by atoms with Gasteiger partial charge in [0.05, 0.1) is 24.2 Å². The molecule has 148 valence electrons. The molecule has 0 radical (unpaired) electrons. The molecule has 0 spiro atoms. The number of rotatable bonds is 5. The van der Waals surface area contributed by atoms with E-state index in [1.807, 2.05) is 42.5 Å². The molecule has 0 fully saturated rings. The molecule has 3 aromatic carbocycles. The molecule has 0 unspecified atom stereocenters. The van der Waals surface area contributed by atoms with E-state index >= 15 is 0 Å². The van der Waals surface area contributed by atoms with Crippen molar-refractivity contribution in [1.82, 2.24) is 4.98 Å². The molecule has 4 rings (SSSR count). The van der Waals surface area contributed by atoms with Crippen molar-refractivity contribution in [3.63, 3.8) is 0 Å². The van der Waals surface area contributed by atoms with Gasteiger partial charge in [0.1, 0.15) is 0 Å². The van der Waals surface area contributed by atoms with Crippen LogP contribution in [-0.4, -0.2) is 16.0 Å². The molecular formula is C25H19ClN2O2. The molecule has 30 heavy (non-hydrogen) atoms. The van der Waals surface area contributed by atoms with E-state index in [4.69, 9.17) is 16.7 Å². The maximum atomic E-state index is 12.7. The molecule has 0 aliphatic rings. The summed E-state index contributed by atoms with van der Waals surface area (Å²) in [6.07, 6.45) is 1.52. The number of hydrogen-bond donors (Lipinski definition) is 2. The number of amides is 1. The summed E-state index contributed by atoms with van der Waals surface area (Å²) in [5.74, 6) is -0.257. The summed E-state index contributed by atoms with van der Waals surface area (Å²) in [6.45, 7) is -0.141. The average molecular weight is 415 g/mol.